The normalized spacial score (nSPS) is 11.3. The summed E-state index contributed by atoms with van der Waals surface area (Å²) in [5.74, 6) is 1.18. The number of methoxy groups -OCH3 is 1. The number of hydrogen-bond acceptors (Lipinski definition) is 5. The Morgan fingerprint density at radius 2 is 1.41 bits per heavy atom. The molecule has 7 heteroatoms. The van der Waals surface area contributed by atoms with E-state index in [-0.39, 0.29) is 17.1 Å². The molecule has 6 nitrogen and oxygen atoms in total. The first kappa shape index (κ1) is 23.2. The number of rotatable bonds is 9. The lowest BCUT2D eigenvalue weighted by atomic mass is 10.2. The molecule has 0 saturated carbocycles. The Morgan fingerprint density at radius 1 is 0.844 bits per heavy atom. The fraction of sp³-hybridized carbons (Fsp3) is 0.200. The van der Waals surface area contributed by atoms with Gasteiger partial charge in [-0.2, -0.15) is 0 Å². The van der Waals surface area contributed by atoms with Crippen LogP contribution in [0.3, 0.4) is 0 Å². The van der Waals surface area contributed by atoms with Gasteiger partial charge in [-0.1, -0.05) is 0 Å². The van der Waals surface area contributed by atoms with Gasteiger partial charge in [0.25, 0.3) is 5.91 Å². The predicted octanol–water partition coefficient (Wildman–Crippen LogP) is 5.47. The molecule has 0 bridgehead atoms. The number of carbonyl (C=O) groups is 2. The molecular weight excluding hydrogens is 424 g/mol. The maximum atomic E-state index is 12.5. The van der Waals surface area contributed by atoms with Crippen LogP contribution in [0.25, 0.3) is 0 Å². The number of nitrogens with one attached hydrogen (secondary N) is 2. The van der Waals surface area contributed by atoms with Crippen LogP contribution in [-0.2, 0) is 4.79 Å². The van der Waals surface area contributed by atoms with E-state index < -0.39 is 0 Å². The summed E-state index contributed by atoms with van der Waals surface area (Å²) < 4.78 is 10.5. The van der Waals surface area contributed by atoms with Gasteiger partial charge in [-0.05, 0) is 86.6 Å². The number of anilines is 2. The van der Waals surface area contributed by atoms with Crippen molar-refractivity contribution < 1.29 is 19.1 Å². The van der Waals surface area contributed by atoms with Crippen LogP contribution in [0.15, 0.2) is 77.7 Å². The molecule has 0 aliphatic heterocycles. The molecule has 1 unspecified atom stereocenters. The Kier molecular flexibility index (Phi) is 8.16. The summed E-state index contributed by atoms with van der Waals surface area (Å²) >= 11 is 1.45. The van der Waals surface area contributed by atoms with Crippen molar-refractivity contribution in [2.24, 2.45) is 0 Å². The van der Waals surface area contributed by atoms with Crippen molar-refractivity contribution in [1.82, 2.24) is 0 Å². The van der Waals surface area contributed by atoms with E-state index in [2.05, 4.69) is 10.6 Å². The molecular formula is C25H26N2O4S. The third-order valence-corrected chi connectivity index (χ3v) is 5.69. The summed E-state index contributed by atoms with van der Waals surface area (Å²) in [7, 11) is 1.58. The van der Waals surface area contributed by atoms with E-state index in [0.29, 0.717) is 23.6 Å². The molecule has 2 N–H and O–H groups in total. The molecule has 1 atom stereocenters. The molecule has 32 heavy (non-hydrogen) atoms. The Labute approximate surface area is 192 Å². The lowest BCUT2D eigenvalue weighted by molar-refractivity contribution is -0.115. The average Bonchev–Trinajstić information content (AvgIpc) is 2.81. The maximum Gasteiger partial charge on any atom is 0.255 e. The highest BCUT2D eigenvalue weighted by molar-refractivity contribution is 8.00. The first-order chi connectivity index (χ1) is 15.5. The number of amides is 2. The van der Waals surface area contributed by atoms with E-state index in [0.717, 1.165) is 16.3 Å². The Bertz CT molecular complexity index is 1040. The molecule has 3 aromatic rings. The van der Waals surface area contributed by atoms with Crippen LogP contribution >= 0.6 is 11.8 Å². The third-order valence-electron chi connectivity index (χ3n) is 4.58. The summed E-state index contributed by atoms with van der Waals surface area (Å²) in [4.78, 5) is 25.8. The monoisotopic (exact) mass is 450 g/mol. The highest BCUT2D eigenvalue weighted by Gasteiger charge is 2.15. The summed E-state index contributed by atoms with van der Waals surface area (Å²) in [6.45, 7) is 4.38. The number of carbonyl (C=O) groups excluding carboxylic acids is 2. The van der Waals surface area contributed by atoms with Gasteiger partial charge in [-0.3, -0.25) is 9.59 Å². The van der Waals surface area contributed by atoms with Crippen LogP contribution in [0, 0.1) is 0 Å². The topological polar surface area (TPSA) is 76.7 Å². The number of ether oxygens (including phenoxy) is 2. The van der Waals surface area contributed by atoms with Gasteiger partial charge in [-0.15, -0.1) is 11.8 Å². The van der Waals surface area contributed by atoms with Crippen LogP contribution in [0.4, 0.5) is 11.4 Å². The van der Waals surface area contributed by atoms with Gasteiger partial charge in [-0.25, -0.2) is 0 Å². The van der Waals surface area contributed by atoms with Crippen molar-refractivity contribution in [2.45, 2.75) is 24.0 Å². The van der Waals surface area contributed by atoms with Gasteiger partial charge in [0.05, 0.1) is 19.0 Å². The maximum absolute atomic E-state index is 12.5. The van der Waals surface area contributed by atoms with Crippen molar-refractivity contribution in [3.8, 4) is 11.5 Å². The van der Waals surface area contributed by atoms with Crippen molar-refractivity contribution in [1.29, 1.82) is 0 Å². The zero-order valence-corrected chi connectivity index (χ0v) is 19.1. The first-order valence-corrected chi connectivity index (χ1v) is 11.1. The second-order valence-corrected chi connectivity index (χ2v) is 8.33. The Morgan fingerprint density at radius 3 is 2.00 bits per heavy atom. The largest absolute Gasteiger partial charge is 0.497 e. The molecule has 0 aromatic heterocycles. The van der Waals surface area contributed by atoms with Crippen molar-refractivity contribution in [3.05, 3.63) is 78.4 Å². The summed E-state index contributed by atoms with van der Waals surface area (Å²) in [6, 6.07) is 21.6. The summed E-state index contributed by atoms with van der Waals surface area (Å²) in [5, 5.41) is 5.49. The molecule has 0 radical (unpaired) electrons. The predicted molar refractivity (Wildman–Crippen MR) is 129 cm³/mol. The van der Waals surface area contributed by atoms with E-state index in [1.165, 1.54) is 11.8 Å². The summed E-state index contributed by atoms with van der Waals surface area (Å²) in [6.07, 6.45) is 0. The van der Waals surface area contributed by atoms with E-state index >= 15 is 0 Å². The average molecular weight is 451 g/mol. The molecule has 0 fully saturated rings. The van der Waals surface area contributed by atoms with E-state index in [1.54, 1.807) is 31.4 Å². The van der Waals surface area contributed by atoms with Gasteiger partial charge in [0.2, 0.25) is 5.91 Å². The highest BCUT2D eigenvalue weighted by atomic mass is 32.2. The van der Waals surface area contributed by atoms with Crippen LogP contribution < -0.4 is 20.1 Å². The molecule has 166 valence electrons. The van der Waals surface area contributed by atoms with Crippen LogP contribution in [-0.4, -0.2) is 30.8 Å². The third kappa shape index (κ3) is 6.52. The van der Waals surface area contributed by atoms with Crippen molar-refractivity contribution in [2.75, 3.05) is 24.4 Å². The molecule has 0 aliphatic rings. The molecule has 0 saturated heterocycles. The zero-order valence-electron chi connectivity index (χ0n) is 18.3. The lowest BCUT2D eigenvalue weighted by Crippen LogP contribution is -2.22. The van der Waals surface area contributed by atoms with E-state index in [9.17, 15) is 9.59 Å². The smallest absolute Gasteiger partial charge is 0.255 e. The minimum absolute atomic E-state index is 0.0870. The van der Waals surface area contributed by atoms with Crippen LogP contribution in [0.2, 0.25) is 0 Å². The number of thioether (sulfide) groups is 1. The SMILES string of the molecule is CCOc1ccc(NC(=O)C(C)Sc2ccc(NC(=O)c3ccc(OC)cc3)cc2)cc1. The van der Waals surface area contributed by atoms with E-state index in [4.69, 9.17) is 9.47 Å². The van der Waals surface area contributed by atoms with Crippen LogP contribution in [0.5, 0.6) is 11.5 Å². The van der Waals surface area contributed by atoms with E-state index in [1.807, 2.05) is 62.4 Å². The minimum atomic E-state index is -0.290. The molecule has 3 aromatic carbocycles. The van der Waals surface area contributed by atoms with Gasteiger partial charge in [0, 0.05) is 21.8 Å². The fourth-order valence-electron chi connectivity index (χ4n) is 2.87. The van der Waals surface area contributed by atoms with Gasteiger partial charge in [0.1, 0.15) is 11.5 Å². The van der Waals surface area contributed by atoms with Gasteiger partial charge < -0.3 is 20.1 Å². The number of benzene rings is 3. The Balaban J connectivity index is 1.52. The molecule has 0 spiro atoms. The minimum Gasteiger partial charge on any atom is -0.497 e. The second kappa shape index (κ2) is 11.2. The van der Waals surface area contributed by atoms with Crippen molar-refractivity contribution >= 4 is 35.0 Å². The fourth-order valence-corrected chi connectivity index (χ4v) is 3.73. The van der Waals surface area contributed by atoms with Crippen LogP contribution in [0.1, 0.15) is 24.2 Å². The molecule has 0 aliphatic carbocycles. The highest BCUT2D eigenvalue weighted by Crippen LogP contribution is 2.26. The Hall–Kier alpha value is -3.45. The molecule has 0 heterocycles. The zero-order chi connectivity index (χ0) is 22.9. The number of hydrogen-bond donors (Lipinski definition) is 2. The quantitative estimate of drug-likeness (QED) is 0.423. The molecule has 2 amide bonds. The summed E-state index contributed by atoms with van der Waals surface area (Å²) in [5.41, 5.74) is 1.95. The van der Waals surface area contributed by atoms with Crippen molar-refractivity contribution in [3.63, 3.8) is 0 Å². The standard InChI is InChI=1S/C25H26N2O4S/c1-4-31-22-13-7-19(8-14-22)26-24(28)17(2)32-23-15-9-20(10-16-23)27-25(29)18-5-11-21(30-3)12-6-18/h5-17H,4H2,1-3H3,(H,26,28)(H,27,29). The van der Waals surface area contributed by atoms with Gasteiger partial charge >= 0.3 is 0 Å². The second-order valence-electron chi connectivity index (χ2n) is 6.91. The molecule has 3 rings (SSSR count). The lowest BCUT2D eigenvalue weighted by Gasteiger charge is -2.13. The van der Waals surface area contributed by atoms with Gasteiger partial charge in [0.15, 0.2) is 0 Å². The first-order valence-electron chi connectivity index (χ1n) is 10.2.